The van der Waals surface area contributed by atoms with Crippen molar-refractivity contribution in [2.45, 2.75) is 0 Å². The van der Waals surface area contributed by atoms with Gasteiger partial charge in [-0.05, 0) is 79.9 Å². The van der Waals surface area contributed by atoms with Crippen LogP contribution < -0.4 is 4.90 Å². The summed E-state index contributed by atoms with van der Waals surface area (Å²) in [6, 6.07) is 84.9. The maximum atomic E-state index is 2.41. The van der Waals surface area contributed by atoms with E-state index in [0.717, 1.165) is 22.6 Å². The SMILES string of the molecule is c1ccc(-c2ccccc2-c2ccccc2-c2ccccc2-c2ccc(N(c3ccccc3-c3ccccc3)c3ccccc3-c3ccccc3)cc2)cc1. The lowest BCUT2D eigenvalue weighted by Crippen LogP contribution is -2.12. The Bertz CT molecular complexity index is 2600. The van der Waals surface area contributed by atoms with E-state index in [1.54, 1.807) is 0 Å². The Hall–Kier alpha value is -7.22. The highest BCUT2D eigenvalue weighted by Crippen LogP contribution is 2.46. The second-order valence-corrected chi connectivity index (χ2v) is 13.7. The summed E-state index contributed by atoms with van der Waals surface area (Å²) in [6.07, 6.45) is 0. The van der Waals surface area contributed by atoms with Crippen LogP contribution in [0.1, 0.15) is 0 Å². The molecule has 0 aliphatic carbocycles. The predicted molar refractivity (Wildman–Crippen MR) is 234 cm³/mol. The molecule has 9 aromatic carbocycles. The van der Waals surface area contributed by atoms with Gasteiger partial charge < -0.3 is 4.90 Å². The molecule has 0 atom stereocenters. The molecular weight excluding hydrogens is 663 g/mol. The van der Waals surface area contributed by atoms with Gasteiger partial charge in [-0.1, -0.05) is 212 Å². The molecule has 0 aliphatic rings. The molecule has 0 aliphatic heterocycles. The van der Waals surface area contributed by atoms with E-state index in [1.165, 1.54) is 61.2 Å². The molecule has 0 radical (unpaired) electrons. The van der Waals surface area contributed by atoms with Crippen LogP contribution in [0.3, 0.4) is 0 Å². The van der Waals surface area contributed by atoms with Gasteiger partial charge in [-0.25, -0.2) is 0 Å². The Labute approximate surface area is 324 Å². The van der Waals surface area contributed by atoms with E-state index in [9.17, 15) is 0 Å². The number of benzene rings is 9. The highest BCUT2D eigenvalue weighted by atomic mass is 15.1. The van der Waals surface area contributed by atoms with Gasteiger partial charge >= 0.3 is 0 Å². The first kappa shape index (κ1) is 33.6. The molecule has 0 bridgehead atoms. The fourth-order valence-electron chi connectivity index (χ4n) is 7.77. The molecule has 0 aromatic heterocycles. The molecule has 9 aromatic rings. The zero-order valence-electron chi connectivity index (χ0n) is 30.5. The minimum atomic E-state index is 1.09. The van der Waals surface area contributed by atoms with Crippen LogP contribution in [-0.4, -0.2) is 0 Å². The van der Waals surface area contributed by atoms with E-state index in [4.69, 9.17) is 0 Å². The molecule has 260 valence electrons. The van der Waals surface area contributed by atoms with Gasteiger partial charge in [0, 0.05) is 16.8 Å². The fourth-order valence-corrected chi connectivity index (χ4v) is 7.77. The molecule has 55 heavy (non-hydrogen) atoms. The van der Waals surface area contributed by atoms with Gasteiger partial charge in [-0.3, -0.25) is 0 Å². The van der Waals surface area contributed by atoms with Crippen molar-refractivity contribution >= 4 is 17.1 Å². The summed E-state index contributed by atoms with van der Waals surface area (Å²) in [7, 11) is 0. The average Bonchev–Trinajstić information content (AvgIpc) is 3.28. The Morgan fingerprint density at radius 1 is 0.182 bits per heavy atom. The molecule has 0 unspecified atom stereocenters. The van der Waals surface area contributed by atoms with Crippen molar-refractivity contribution in [3.8, 4) is 66.8 Å². The maximum Gasteiger partial charge on any atom is 0.0540 e. The van der Waals surface area contributed by atoms with Crippen LogP contribution in [0.4, 0.5) is 17.1 Å². The standard InChI is InChI=1S/C54H39N/c1-4-20-40(21-5-1)45-26-10-12-30-49(45)51-32-14-15-33-52(51)50-31-13-11-27-46(50)43-36-38-44(39-37-43)55(53-34-18-16-28-47(53)41-22-6-2-7-23-41)54-35-19-17-29-48(54)42-24-8-3-9-25-42/h1-39H. The monoisotopic (exact) mass is 701 g/mol. The van der Waals surface area contributed by atoms with E-state index in [0.29, 0.717) is 0 Å². The summed E-state index contributed by atoms with van der Waals surface area (Å²) in [4.78, 5) is 2.41. The van der Waals surface area contributed by atoms with Gasteiger partial charge in [-0.2, -0.15) is 0 Å². The van der Waals surface area contributed by atoms with E-state index in [-0.39, 0.29) is 0 Å². The average molecular weight is 702 g/mol. The van der Waals surface area contributed by atoms with E-state index < -0.39 is 0 Å². The smallest absolute Gasteiger partial charge is 0.0540 e. The first-order valence-electron chi connectivity index (χ1n) is 18.9. The Morgan fingerprint density at radius 2 is 0.436 bits per heavy atom. The minimum absolute atomic E-state index is 1.09. The van der Waals surface area contributed by atoms with Gasteiger partial charge in [0.25, 0.3) is 0 Å². The second kappa shape index (κ2) is 15.4. The van der Waals surface area contributed by atoms with Gasteiger partial charge in [0.1, 0.15) is 0 Å². The van der Waals surface area contributed by atoms with Crippen molar-refractivity contribution in [3.05, 3.63) is 237 Å². The quantitative estimate of drug-likeness (QED) is 0.145. The van der Waals surface area contributed by atoms with E-state index in [1.807, 2.05) is 0 Å². The van der Waals surface area contributed by atoms with Crippen LogP contribution in [0.25, 0.3) is 66.8 Å². The molecule has 0 N–H and O–H groups in total. The third kappa shape index (κ3) is 6.76. The lowest BCUT2D eigenvalue weighted by Gasteiger charge is -2.30. The summed E-state index contributed by atoms with van der Waals surface area (Å²) in [6.45, 7) is 0. The van der Waals surface area contributed by atoms with Crippen LogP contribution >= 0.6 is 0 Å². The lowest BCUT2D eigenvalue weighted by molar-refractivity contribution is 1.28. The first-order chi connectivity index (χ1) is 27.3. The molecule has 9 rings (SSSR count). The van der Waals surface area contributed by atoms with Crippen molar-refractivity contribution in [2.75, 3.05) is 4.90 Å². The second-order valence-electron chi connectivity index (χ2n) is 13.7. The largest absolute Gasteiger partial charge is 0.309 e. The summed E-state index contributed by atoms with van der Waals surface area (Å²) in [5.74, 6) is 0. The third-order valence-electron chi connectivity index (χ3n) is 10.3. The number of hydrogen-bond donors (Lipinski definition) is 0. The van der Waals surface area contributed by atoms with Crippen LogP contribution in [0.2, 0.25) is 0 Å². The lowest BCUT2D eigenvalue weighted by atomic mass is 9.87. The Balaban J connectivity index is 1.17. The summed E-state index contributed by atoms with van der Waals surface area (Å²) >= 11 is 0. The van der Waals surface area contributed by atoms with E-state index >= 15 is 0 Å². The fraction of sp³-hybridized carbons (Fsp3) is 0. The van der Waals surface area contributed by atoms with Crippen LogP contribution in [0, 0.1) is 0 Å². The zero-order chi connectivity index (χ0) is 36.8. The van der Waals surface area contributed by atoms with Crippen LogP contribution in [0.5, 0.6) is 0 Å². The van der Waals surface area contributed by atoms with Gasteiger partial charge in [-0.15, -0.1) is 0 Å². The van der Waals surface area contributed by atoms with Crippen LogP contribution in [0.15, 0.2) is 237 Å². The Kier molecular flexibility index (Phi) is 9.41. The highest BCUT2D eigenvalue weighted by Gasteiger charge is 2.21. The molecule has 0 spiro atoms. The molecule has 0 fully saturated rings. The summed E-state index contributed by atoms with van der Waals surface area (Å²) in [5.41, 5.74) is 17.7. The van der Waals surface area contributed by atoms with Crippen molar-refractivity contribution in [1.82, 2.24) is 0 Å². The maximum absolute atomic E-state index is 2.41. The molecule has 0 heterocycles. The summed E-state index contributed by atoms with van der Waals surface area (Å²) in [5, 5.41) is 0. The minimum Gasteiger partial charge on any atom is -0.309 e. The van der Waals surface area contributed by atoms with Gasteiger partial charge in [0.15, 0.2) is 0 Å². The highest BCUT2D eigenvalue weighted by molar-refractivity contribution is 5.97. The molecular formula is C54H39N. The topological polar surface area (TPSA) is 3.24 Å². The number of para-hydroxylation sites is 2. The van der Waals surface area contributed by atoms with Gasteiger partial charge in [0.05, 0.1) is 11.4 Å². The first-order valence-corrected chi connectivity index (χ1v) is 18.9. The number of anilines is 3. The molecule has 1 nitrogen and oxygen atoms in total. The van der Waals surface area contributed by atoms with Crippen molar-refractivity contribution < 1.29 is 0 Å². The van der Waals surface area contributed by atoms with Crippen molar-refractivity contribution in [2.24, 2.45) is 0 Å². The van der Waals surface area contributed by atoms with Gasteiger partial charge in [0.2, 0.25) is 0 Å². The zero-order valence-corrected chi connectivity index (χ0v) is 30.5. The third-order valence-corrected chi connectivity index (χ3v) is 10.3. The normalized spacial score (nSPS) is 10.9. The van der Waals surface area contributed by atoms with Crippen LogP contribution in [-0.2, 0) is 0 Å². The van der Waals surface area contributed by atoms with E-state index in [2.05, 4.69) is 241 Å². The number of rotatable bonds is 9. The number of nitrogens with zero attached hydrogens (tertiary/aromatic N) is 1. The predicted octanol–water partition coefficient (Wildman–Crippen LogP) is 15.2. The number of hydrogen-bond acceptors (Lipinski definition) is 1. The molecule has 0 saturated heterocycles. The molecule has 0 saturated carbocycles. The van der Waals surface area contributed by atoms with Crippen molar-refractivity contribution in [3.63, 3.8) is 0 Å². The Morgan fingerprint density at radius 3 is 0.818 bits per heavy atom. The summed E-state index contributed by atoms with van der Waals surface area (Å²) < 4.78 is 0. The molecule has 1 heteroatoms. The van der Waals surface area contributed by atoms with Crippen molar-refractivity contribution in [1.29, 1.82) is 0 Å². The molecule has 0 amide bonds.